The molecule has 0 radical (unpaired) electrons. The molecule has 1 aliphatic rings. The second-order valence-corrected chi connectivity index (χ2v) is 5.46. The number of likely N-dealkylation sites (tertiary alicyclic amines) is 1. The Bertz CT molecular complexity index is 423. The first-order valence-corrected chi connectivity index (χ1v) is 7.56. The minimum absolute atomic E-state index is 0.489. The van der Waals surface area contributed by atoms with Crippen LogP contribution in [0.5, 0.6) is 11.5 Å². The summed E-state index contributed by atoms with van der Waals surface area (Å²) in [5.41, 5.74) is 6.72. The van der Waals surface area contributed by atoms with Crippen LogP contribution in [0.4, 0.5) is 5.69 Å². The maximum atomic E-state index is 6.11. The topological polar surface area (TPSA) is 47.7 Å². The highest BCUT2D eigenvalue weighted by molar-refractivity contribution is 5.62. The summed E-state index contributed by atoms with van der Waals surface area (Å²) in [5, 5.41) is 0. The predicted molar refractivity (Wildman–Crippen MR) is 82.4 cm³/mol. The van der Waals surface area contributed by atoms with Gasteiger partial charge in [0.1, 0.15) is 23.8 Å². The van der Waals surface area contributed by atoms with E-state index in [0.29, 0.717) is 24.9 Å². The molecular formula is C16H26N2O2. The Morgan fingerprint density at radius 1 is 1.25 bits per heavy atom. The third kappa shape index (κ3) is 3.79. The Balaban J connectivity index is 1.95. The number of hydrogen-bond acceptors (Lipinski definition) is 4. The Hall–Kier alpha value is -1.42. The Morgan fingerprint density at radius 2 is 2.00 bits per heavy atom. The van der Waals surface area contributed by atoms with Crippen LogP contribution in [0.25, 0.3) is 0 Å². The normalized spacial score (nSPS) is 19.8. The van der Waals surface area contributed by atoms with Gasteiger partial charge in [0.05, 0.1) is 6.61 Å². The fourth-order valence-electron chi connectivity index (χ4n) is 2.53. The molecular weight excluding hydrogens is 252 g/mol. The highest BCUT2D eigenvalue weighted by atomic mass is 16.5. The maximum absolute atomic E-state index is 6.11. The fourth-order valence-corrected chi connectivity index (χ4v) is 2.53. The summed E-state index contributed by atoms with van der Waals surface area (Å²) in [7, 11) is 2.16. The number of ether oxygens (including phenoxy) is 2. The molecule has 1 fully saturated rings. The van der Waals surface area contributed by atoms with Crippen molar-refractivity contribution < 1.29 is 9.47 Å². The molecule has 112 valence electrons. The van der Waals surface area contributed by atoms with E-state index in [9.17, 15) is 0 Å². The highest BCUT2D eigenvalue weighted by Crippen LogP contribution is 2.32. The van der Waals surface area contributed by atoms with Gasteiger partial charge in [0, 0.05) is 6.04 Å². The fraction of sp³-hybridized carbons (Fsp3) is 0.625. The molecule has 0 amide bonds. The molecule has 2 rings (SSSR count). The van der Waals surface area contributed by atoms with Crippen molar-refractivity contribution in [2.45, 2.75) is 38.6 Å². The molecule has 1 unspecified atom stereocenters. The van der Waals surface area contributed by atoms with Gasteiger partial charge in [-0.2, -0.15) is 0 Å². The lowest BCUT2D eigenvalue weighted by Crippen LogP contribution is -2.40. The predicted octanol–water partition coefficient (Wildman–Crippen LogP) is 2.92. The Labute approximate surface area is 121 Å². The smallest absolute Gasteiger partial charge is 0.146 e. The van der Waals surface area contributed by atoms with E-state index in [1.807, 2.05) is 18.2 Å². The van der Waals surface area contributed by atoms with Crippen LogP contribution in [0, 0.1) is 0 Å². The van der Waals surface area contributed by atoms with Crippen molar-refractivity contribution in [3.63, 3.8) is 0 Å². The first-order valence-electron chi connectivity index (χ1n) is 7.56. The summed E-state index contributed by atoms with van der Waals surface area (Å²) < 4.78 is 11.5. The molecule has 4 nitrogen and oxygen atoms in total. The van der Waals surface area contributed by atoms with Crippen LogP contribution in [-0.4, -0.2) is 37.7 Å². The lowest BCUT2D eigenvalue weighted by molar-refractivity contribution is 0.125. The third-order valence-corrected chi connectivity index (χ3v) is 3.84. The largest absolute Gasteiger partial charge is 0.491 e. The van der Waals surface area contributed by atoms with Gasteiger partial charge < -0.3 is 20.1 Å². The molecule has 1 saturated heterocycles. The molecule has 1 aliphatic heterocycles. The molecule has 1 atom stereocenters. The quantitative estimate of drug-likeness (QED) is 0.813. The monoisotopic (exact) mass is 278 g/mol. The lowest BCUT2D eigenvalue weighted by atomic mass is 10.0. The molecule has 1 aromatic carbocycles. The zero-order valence-corrected chi connectivity index (χ0v) is 12.6. The molecule has 1 heterocycles. The second kappa shape index (κ2) is 7.39. The van der Waals surface area contributed by atoms with Crippen molar-refractivity contribution in [1.29, 1.82) is 0 Å². The number of nitrogens with zero attached hydrogens (tertiary/aromatic N) is 1. The minimum atomic E-state index is 0.489. The first kappa shape index (κ1) is 15.0. The lowest BCUT2D eigenvalue weighted by Gasteiger charge is -2.32. The first-order chi connectivity index (χ1) is 9.72. The van der Waals surface area contributed by atoms with Crippen molar-refractivity contribution in [3.8, 4) is 11.5 Å². The van der Waals surface area contributed by atoms with Crippen molar-refractivity contribution in [2.75, 3.05) is 32.5 Å². The van der Waals surface area contributed by atoms with E-state index in [1.165, 1.54) is 19.3 Å². The number of likely N-dealkylation sites (N-methyl/N-ethyl adjacent to an activating group) is 1. The summed E-state index contributed by atoms with van der Waals surface area (Å²) in [6, 6.07) is 6.23. The van der Waals surface area contributed by atoms with Crippen molar-refractivity contribution in [2.24, 2.45) is 0 Å². The average Bonchev–Trinajstić information content (AvgIpc) is 2.46. The van der Waals surface area contributed by atoms with Crippen molar-refractivity contribution in [1.82, 2.24) is 4.90 Å². The molecule has 0 spiro atoms. The van der Waals surface area contributed by atoms with Crippen molar-refractivity contribution >= 4 is 5.69 Å². The van der Waals surface area contributed by atoms with Gasteiger partial charge in [0.15, 0.2) is 0 Å². The van der Waals surface area contributed by atoms with Gasteiger partial charge in [0.2, 0.25) is 0 Å². The number of piperidine rings is 1. The molecule has 4 heteroatoms. The van der Waals surface area contributed by atoms with Crippen LogP contribution in [0.3, 0.4) is 0 Å². The van der Waals surface area contributed by atoms with Gasteiger partial charge in [-0.25, -0.2) is 0 Å². The van der Waals surface area contributed by atoms with Crippen LogP contribution in [0.15, 0.2) is 18.2 Å². The van der Waals surface area contributed by atoms with E-state index in [4.69, 9.17) is 15.2 Å². The number of nitrogens with two attached hydrogens (primary N) is 1. The van der Waals surface area contributed by atoms with Crippen LogP contribution in [0.2, 0.25) is 0 Å². The number of nitrogen functional groups attached to an aromatic ring is 1. The number of benzene rings is 1. The Morgan fingerprint density at radius 3 is 2.70 bits per heavy atom. The number of rotatable bonds is 6. The van der Waals surface area contributed by atoms with E-state index < -0.39 is 0 Å². The number of para-hydroxylation sites is 1. The number of hydrogen-bond donors (Lipinski definition) is 1. The summed E-state index contributed by atoms with van der Waals surface area (Å²) >= 11 is 0. The number of anilines is 1. The molecule has 0 aliphatic carbocycles. The summed E-state index contributed by atoms with van der Waals surface area (Å²) in [4.78, 5) is 2.37. The van der Waals surface area contributed by atoms with Crippen LogP contribution in [0.1, 0.15) is 32.6 Å². The van der Waals surface area contributed by atoms with E-state index in [-0.39, 0.29) is 0 Å². The molecule has 0 bridgehead atoms. The summed E-state index contributed by atoms with van der Waals surface area (Å²) in [6.07, 6.45) is 4.74. The van der Waals surface area contributed by atoms with Gasteiger partial charge in [-0.05, 0) is 45.0 Å². The molecule has 0 saturated carbocycles. The standard InChI is InChI=1S/C16H26N2O2/c1-3-11-19-14-8-6-9-15(16(14)17)20-12-13-7-4-5-10-18(13)2/h6,8-9,13H,3-5,7,10-12,17H2,1-2H3. The van der Waals surface area contributed by atoms with Crippen LogP contribution >= 0.6 is 0 Å². The van der Waals surface area contributed by atoms with Gasteiger partial charge >= 0.3 is 0 Å². The molecule has 1 aromatic rings. The zero-order valence-electron chi connectivity index (χ0n) is 12.6. The Kier molecular flexibility index (Phi) is 5.53. The summed E-state index contributed by atoms with van der Waals surface area (Å²) in [6.45, 7) is 4.61. The van der Waals surface area contributed by atoms with Crippen LogP contribution in [-0.2, 0) is 0 Å². The highest BCUT2D eigenvalue weighted by Gasteiger charge is 2.20. The molecule has 20 heavy (non-hydrogen) atoms. The van der Waals surface area contributed by atoms with Gasteiger partial charge in [0.25, 0.3) is 0 Å². The van der Waals surface area contributed by atoms with E-state index >= 15 is 0 Å². The summed E-state index contributed by atoms with van der Waals surface area (Å²) in [5.74, 6) is 1.46. The minimum Gasteiger partial charge on any atom is -0.491 e. The second-order valence-electron chi connectivity index (χ2n) is 5.46. The van der Waals surface area contributed by atoms with Crippen LogP contribution < -0.4 is 15.2 Å². The van der Waals surface area contributed by atoms with Gasteiger partial charge in [-0.1, -0.05) is 19.4 Å². The molecule has 2 N–H and O–H groups in total. The average molecular weight is 278 g/mol. The van der Waals surface area contributed by atoms with E-state index in [1.54, 1.807) is 0 Å². The molecule has 0 aromatic heterocycles. The van der Waals surface area contributed by atoms with E-state index in [0.717, 1.165) is 24.5 Å². The SMILES string of the molecule is CCCOc1cccc(OCC2CCCCN2C)c1N. The van der Waals surface area contributed by atoms with Gasteiger partial charge in [-0.3, -0.25) is 0 Å². The van der Waals surface area contributed by atoms with Crippen molar-refractivity contribution in [3.05, 3.63) is 18.2 Å². The maximum Gasteiger partial charge on any atom is 0.146 e. The zero-order chi connectivity index (χ0) is 14.4. The van der Waals surface area contributed by atoms with E-state index in [2.05, 4.69) is 18.9 Å². The third-order valence-electron chi connectivity index (χ3n) is 3.84. The van der Waals surface area contributed by atoms with Gasteiger partial charge in [-0.15, -0.1) is 0 Å².